The van der Waals surface area contributed by atoms with E-state index in [-0.39, 0.29) is 0 Å². The van der Waals surface area contributed by atoms with Crippen molar-refractivity contribution in [3.8, 4) is 5.75 Å². The minimum absolute atomic E-state index is 0.374. The Morgan fingerprint density at radius 1 is 1.28 bits per heavy atom. The van der Waals surface area contributed by atoms with E-state index in [9.17, 15) is 5.11 Å². The first kappa shape index (κ1) is 13.3. The molecule has 0 bridgehead atoms. The molecule has 0 saturated carbocycles. The highest BCUT2D eigenvalue weighted by molar-refractivity contribution is 5.31. The van der Waals surface area contributed by atoms with Gasteiger partial charge in [-0.05, 0) is 20.2 Å². The van der Waals surface area contributed by atoms with Gasteiger partial charge in [-0.1, -0.05) is 18.2 Å². The third kappa shape index (κ3) is 3.45. The summed E-state index contributed by atoms with van der Waals surface area (Å²) in [5.74, 6) is 0.374. The largest absolute Gasteiger partial charge is 0.508 e. The van der Waals surface area contributed by atoms with Gasteiger partial charge in [-0.25, -0.2) is 0 Å². The van der Waals surface area contributed by atoms with E-state index in [1.54, 1.807) is 6.07 Å². The van der Waals surface area contributed by atoms with Crippen molar-refractivity contribution >= 4 is 0 Å². The first-order valence-corrected chi connectivity index (χ1v) is 6.53. The normalized spacial score (nSPS) is 22.2. The Morgan fingerprint density at radius 3 is 2.83 bits per heavy atom. The van der Waals surface area contributed by atoms with E-state index in [2.05, 4.69) is 29.2 Å². The zero-order valence-corrected chi connectivity index (χ0v) is 11.3. The number of phenolic OH excluding ortho intramolecular Hbond substituents is 1. The van der Waals surface area contributed by atoms with Gasteiger partial charge in [-0.3, -0.25) is 4.90 Å². The fraction of sp³-hybridized carbons (Fsp3) is 0.571. The second-order valence-corrected chi connectivity index (χ2v) is 5.16. The van der Waals surface area contributed by atoms with Crippen LogP contribution in [0.25, 0.3) is 0 Å². The molecule has 4 heteroatoms. The molecule has 1 unspecified atom stereocenters. The highest BCUT2D eigenvalue weighted by Crippen LogP contribution is 2.15. The zero-order chi connectivity index (χ0) is 13.0. The fourth-order valence-corrected chi connectivity index (χ4v) is 2.36. The second kappa shape index (κ2) is 6.18. The third-order valence-electron chi connectivity index (χ3n) is 3.67. The molecule has 18 heavy (non-hydrogen) atoms. The minimum atomic E-state index is 0.374. The summed E-state index contributed by atoms with van der Waals surface area (Å²) in [4.78, 5) is 4.77. The number of piperazine rings is 1. The molecule has 2 rings (SSSR count). The molecule has 0 radical (unpaired) electrons. The first-order chi connectivity index (χ1) is 8.66. The third-order valence-corrected chi connectivity index (χ3v) is 3.67. The van der Waals surface area contributed by atoms with Gasteiger partial charge in [0.1, 0.15) is 5.75 Å². The molecule has 1 fully saturated rings. The summed E-state index contributed by atoms with van der Waals surface area (Å²) < 4.78 is 0. The van der Waals surface area contributed by atoms with Crippen LogP contribution in [-0.2, 0) is 6.54 Å². The van der Waals surface area contributed by atoms with Crippen LogP contribution in [0.5, 0.6) is 5.75 Å². The van der Waals surface area contributed by atoms with Crippen LogP contribution in [0.15, 0.2) is 24.3 Å². The summed E-state index contributed by atoms with van der Waals surface area (Å²) in [5.41, 5.74) is 0.962. The van der Waals surface area contributed by atoms with Crippen molar-refractivity contribution in [1.82, 2.24) is 15.1 Å². The average Bonchev–Trinajstić information content (AvgIpc) is 2.36. The van der Waals surface area contributed by atoms with Gasteiger partial charge in [0.05, 0.1) is 0 Å². The summed E-state index contributed by atoms with van der Waals surface area (Å²) in [6, 6.07) is 8.05. The molecule has 1 aromatic rings. The summed E-state index contributed by atoms with van der Waals surface area (Å²) >= 11 is 0. The predicted molar refractivity (Wildman–Crippen MR) is 73.7 cm³/mol. The maximum atomic E-state index is 9.68. The molecule has 1 aromatic carbocycles. The number of nitrogens with one attached hydrogen (secondary N) is 1. The topological polar surface area (TPSA) is 38.7 Å². The van der Waals surface area contributed by atoms with Crippen LogP contribution in [0.4, 0.5) is 0 Å². The summed E-state index contributed by atoms with van der Waals surface area (Å²) in [5, 5.41) is 13.1. The van der Waals surface area contributed by atoms with E-state index < -0.39 is 0 Å². The van der Waals surface area contributed by atoms with Gasteiger partial charge < -0.3 is 15.3 Å². The van der Waals surface area contributed by atoms with Crippen LogP contribution in [0, 0.1) is 0 Å². The molecule has 0 aliphatic carbocycles. The number of hydrogen-bond acceptors (Lipinski definition) is 4. The smallest absolute Gasteiger partial charge is 0.120 e. The van der Waals surface area contributed by atoms with Crippen molar-refractivity contribution in [2.24, 2.45) is 0 Å². The number of likely N-dealkylation sites (N-methyl/N-ethyl adjacent to an activating group) is 2. The maximum Gasteiger partial charge on any atom is 0.120 e. The molecule has 0 amide bonds. The Hall–Kier alpha value is -1.10. The quantitative estimate of drug-likeness (QED) is 0.825. The van der Waals surface area contributed by atoms with Crippen LogP contribution in [0.1, 0.15) is 5.56 Å². The Kier molecular flexibility index (Phi) is 4.58. The summed E-state index contributed by atoms with van der Waals surface area (Å²) in [7, 11) is 4.35. The molecule has 1 atom stereocenters. The molecule has 0 aromatic heterocycles. The molecule has 100 valence electrons. The number of benzene rings is 1. The average molecular weight is 249 g/mol. The first-order valence-electron chi connectivity index (χ1n) is 6.53. The molecule has 4 nitrogen and oxygen atoms in total. The second-order valence-electron chi connectivity index (χ2n) is 5.16. The molecule has 1 aliphatic heterocycles. The van der Waals surface area contributed by atoms with Crippen molar-refractivity contribution in [2.45, 2.75) is 12.6 Å². The van der Waals surface area contributed by atoms with Crippen molar-refractivity contribution < 1.29 is 5.11 Å². The van der Waals surface area contributed by atoms with Crippen molar-refractivity contribution in [1.29, 1.82) is 0 Å². The maximum absolute atomic E-state index is 9.68. The van der Waals surface area contributed by atoms with E-state index in [1.807, 2.05) is 18.2 Å². The lowest BCUT2D eigenvalue weighted by atomic mass is 10.1. The van der Waals surface area contributed by atoms with E-state index in [4.69, 9.17) is 0 Å². The summed E-state index contributed by atoms with van der Waals surface area (Å²) in [6.07, 6.45) is 0. The van der Waals surface area contributed by atoms with Gasteiger partial charge in [-0.15, -0.1) is 0 Å². The molecule has 1 saturated heterocycles. The lowest BCUT2D eigenvalue weighted by Gasteiger charge is -2.37. The van der Waals surface area contributed by atoms with E-state index in [1.165, 1.54) is 0 Å². The number of nitrogens with zero attached hydrogens (tertiary/aromatic N) is 2. The Morgan fingerprint density at radius 2 is 2.06 bits per heavy atom. The Bertz CT molecular complexity index is 383. The fourth-order valence-electron chi connectivity index (χ4n) is 2.36. The van der Waals surface area contributed by atoms with Crippen molar-refractivity contribution in [3.63, 3.8) is 0 Å². The standard InChI is InChI=1S/C14H23N3O/c1-16-7-8-17(2)13(11-16)10-15-9-12-5-3-4-6-14(12)18/h3-6,13,15,18H,7-11H2,1-2H3. The number of hydrogen-bond donors (Lipinski definition) is 2. The molecular weight excluding hydrogens is 226 g/mol. The monoisotopic (exact) mass is 249 g/mol. The molecule has 1 aliphatic rings. The molecule has 1 heterocycles. The van der Waals surface area contributed by atoms with Gasteiger partial charge in [0.15, 0.2) is 0 Å². The zero-order valence-electron chi connectivity index (χ0n) is 11.3. The number of rotatable bonds is 4. The van der Waals surface area contributed by atoms with Crippen molar-refractivity contribution in [2.75, 3.05) is 40.3 Å². The van der Waals surface area contributed by atoms with Gasteiger partial charge >= 0.3 is 0 Å². The number of aromatic hydroxyl groups is 1. The van der Waals surface area contributed by atoms with Crippen LogP contribution in [0.3, 0.4) is 0 Å². The van der Waals surface area contributed by atoms with Crippen LogP contribution in [0.2, 0.25) is 0 Å². The predicted octanol–water partition coefficient (Wildman–Crippen LogP) is 0.728. The Labute approximate surface area is 109 Å². The minimum Gasteiger partial charge on any atom is -0.508 e. The van der Waals surface area contributed by atoms with E-state index in [0.29, 0.717) is 11.8 Å². The van der Waals surface area contributed by atoms with Crippen molar-refractivity contribution in [3.05, 3.63) is 29.8 Å². The van der Waals surface area contributed by atoms with E-state index in [0.717, 1.165) is 38.3 Å². The highest BCUT2D eigenvalue weighted by Gasteiger charge is 2.21. The Balaban J connectivity index is 1.79. The highest BCUT2D eigenvalue weighted by atomic mass is 16.3. The van der Waals surface area contributed by atoms with Gasteiger partial charge in [0.25, 0.3) is 0 Å². The summed E-state index contributed by atoms with van der Waals surface area (Å²) in [6.45, 7) is 5.05. The molecule has 2 N–H and O–H groups in total. The van der Waals surface area contributed by atoms with Crippen LogP contribution in [-0.4, -0.2) is 61.2 Å². The lowest BCUT2D eigenvalue weighted by Crippen LogP contribution is -2.53. The number of phenols is 1. The lowest BCUT2D eigenvalue weighted by molar-refractivity contribution is 0.113. The van der Waals surface area contributed by atoms with Gasteiger partial charge in [0.2, 0.25) is 0 Å². The van der Waals surface area contributed by atoms with Crippen LogP contribution >= 0.6 is 0 Å². The van der Waals surface area contributed by atoms with E-state index >= 15 is 0 Å². The van der Waals surface area contributed by atoms with Gasteiger partial charge in [-0.2, -0.15) is 0 Å². The van der Waals surface area contributed by atoms with Crippen LogP contribution < -0.4 is 5.32 Å². The molecular formula is C14H23N3O. The van der Waals surface area contributed by atoms with Gasteiger partial charge in [0, 0.05) is 44.3 Å². The number of para-hydroxylation sites is 1. The molecule has 0 spiro atoms. The SMILES string of the molecule is CN1CCN(C)C(CNCc2ccccc2O)C1.